The molecule has 1 aliphatic heterocycles. The molecule has 0 spiro atoms. The van der Waals surface area contributed by atoms with E-state index in [-0.39, 0.29) is 18.5 Å². The molecule has 0 saturated carbocycles. The van der Waals surface area contributed by atoms with Crippen molar-refractivity contribution in [2.75, 3.05) is 6.54 Å². The van der Waals surface area contributed by atoms with Crippen LogP contribution in [0, 0.1) is 16.7 Å². The first-order valence-corrected chi connectivity index (χ1v) is 12.7. The largest absolute Gasteiger partial charge is 0.481 e. The number of Topliss-reactive ketones (excluding diaryl/α,β-unsaturated/α-hetero) is 1. The third-order valence-electron chi connectivity index (χ3n) is 6.64. The molecule has 3 unspecified atom stereocenters. The number of halogens is 3. The maximum atomic E-state index is 13.4. The van der Waals surface area contributed by atoms with Crippen molar-refractivity contribution in [2.45, 2.75) is 77.3 Å². The highest BCUT2D eigenvalue weighted by atomic mass is 19.4. The molecule has 11 nitrogen and oxygen atoms in total. The maximum absolute atomic E-state index is 13.4. The second-order valence-corrected chi connectivity index (χ2v) is 10.3. The number of alkyl halides is 3. The Balaban J connectivity index is 2.17. The van der Waals surface area contributed by atoms with Gasteiger partial charge in [0.25, 0.3) is 11.7 Å². The van der Waals surface area contributed by atoms with Gasteiger partial charge in [0, 0.05) is 12.1 Å². The van der Waals surface area contributed by atoms with Gasteiger partial charge in [-0.2, -0.15) is 18.1 Å². The van der Waals surface area contributed by atoms with E-state index in [1.165, 1.54) is 43.0 Å². The lowest BCUT2D eigenvalue weighted by Crippen LogP contribution is -2.58. The van der Waals surface area contributed by atoms with Crippen LogP contribution in [0.3, 0.4) is 0 Å². The lowest BCUT2D eigenvalue weighted by molar-refractivity contribution is -0.175. The fourth-order valence-electron chi connectivity index (χ4n) is 4.42. The first kappa shape index (κ1) is 32.4. The van der Waals surface area contributed by atoms with E-state index in [1.54, 1.807) is 13.8 Å². The number of hydrogen-bond acceptors (Lipinski definition) is 7. The molecule has 1 aromatic rings. The summed E-state index contributed by atoms with van der Waals surface area (Å²) in [5.41, 5.74) is 0.406. The lowest BCUT2D eigenvalue weighted by Gasteiger charge is -2.32. The molecule has 1 heterocycles. The SMILES string of the molecule is CC(C)C(NC(=O)c1ccc(C(CC(=O)O)N=O)cc1)C(=O)N1CCC[C@H]1C(=O)NC(C(=O)C(F)(F)F)C(C)C. The van der Waals surface area contributed by atoms with Gasteiger partial charge >= 0.3 is 12.1 Å². The number of nitrogens with one attached hydrogen (secondary N) is 2. The molecule has 0 aliphatic carbocycles. The molecule has 0 aromatic heterocycles. The second-order valence-electron chi connectivity index (χ2n) is 10.3. The van der Waals surface area contributed by atoms with Crippen molar-refractivity contribution < 1.29 is 42.3 Å². The number of carbonyl (C=O) groups is 5. The molecule has 1 saturated heterocycles. The van der Waals surface area contributed by atoms with E-state index in [1.807, 2.05) is 0 Å². The van der Waals surface area contributed by atoms with E-state index in [9.17, 15) is 42.1 Å². The summed E-state index contributed by atoms with van der Waals surface area (Å²) in [5.74, 6) is -6.72. The first-order chi connectivity index (χ1) is 18.6. The average Bonchev–Trinajstić information content (AvgIpc) is 3.37. The summed E-state index contributed by atoms with van der Waals surface area (Å²) in [5, 5.41) is 16.5. The van der Waals surface area contributed by atoms with Crippen LogP contribution < -0.4 is 10.6 Å². The molecule has 1 aliphatic rings. The number of hydrogen-bond donors (Lipinski definition) is 3. The Morgan fingerprint density at radius 3 is 2.05 bits per heavy atom. The van der Waals surface area contributed by atoms with Gasteiger partial charge in [0.1, 0.15) is 18.1 Å². The van der Waals surface area contributed by atoms with Gasteiger partial charge in [-0.05, 0) is 42.4 Å². The fraction of sp³-hybridized carbons (Fsp3) is 0.577. The molecule has 3 amide bonds. The van der Waals surface area contributed by atoms with Gasteiger partial charge in [0.15, 0.2) is 0 Å². The molecule has 4 atom stereocenters. The molecule has 220 valence electrons. The van der Waals surface area contributed by atoms with Crippen LogP contribution in [0.4, 0.5) is 13.2 Å². The number of ketones is 1. The van der Waals surface area contributed by atoms with E-state index in [4.69, 9.17) is 5.11 Å². The standard InChI is InChI=1S/C26H33F3N4O7/c1-13(2)20(22(36)26(27,28)29)30-24(38)18-6-5-11-33(18)25(39)21(14(3)4)31-23(37)16-9-7-15(8-10-16)17(32-40)12-19(34)35/h7-10,13-14,17-18,20-21H,5-6,11-12H2,1-4H3,(H,30,38)(H,31,37)(H,34,35)/t17?,18-,20?,21?/m0/s1. The predicted octanol–water partition coefficient (Wildman–Crippen LogP) is 2.99. The lowest BCUT2D eigenvalue weighted by atomic mass is 9.98. The van der Waals surface area contributed by atoms with E-state index in [0.29, 0.717) is 12.0 Å². The molecular weight excluding hydrogens is 537 g/mol. The van der Waals surface area contributed by atoms with Crippen molar-refractivity contribution in [3.05, 3.63) is 40.3 Å². The van der Waals surface area contributed by atoms with Crippen LogP contribution >= 0.6 is 0 Å². The van der Waals surface area contributed by atoms with Crippen LogP contribution in [0.5, 0.6) is 0 Å². The first-order valence-electron chi connectivity index (χ1n) is 12.7. The molecule has 1 aromatic carbocycles. The number of rotatable bonds is 12. The van der Waals surface area contributed by atoms with Crippen LogP contribution in [0.2, 0.25) is 0 Å². The predicted molar refractivity (Wildman–Crippen MR) is 136 cm³/mol. The number of nitrogens with zero attached hydrogens (tertiary/aromatic N) is 2. The average molecular weight is 571 g/mol. The van der Waals surface area contributed by atoms with E-state index >= 15 is 0 Å². The third kappa shape index (κ3) is 8.09. The van der Waals surface area contributed by atoms with Crippen LogP contribution in [0.1, 0.15) is 68.9 Å². The van der Waals surface area contributed by atoms with Gasteiger partial charge in [-0.15, -0.1) is 0 Å². The van der Waals surface area contributed by atoms with Crippen molar-refractivity contribution in [1.82, 2.24) is 15.5 Å². The number of likely N-dealkylation sites (tertiary alicyclic amines) is 1. The molecule has 3 N–H and O–H groups in total. The van der Waals surface area contributed by atoms with E-state index in [2.05, 4.69) is 15.8 Å². The highest BCUT2D eigenvalue weighted by molar-refractivity contribution is 5.99. The van der Waals surface area contributed by atoms with Crippen molar-refractivity contribution >= 4 is 29.5 Å². The monoisotopic (exact) mass is 570 g/mol. The minimum absolute atomic E-state index is 0.114. The van der Waals surface area contributed by atoms with Crippen molar-refractivity contribution in [3.63, 3.8) is 0 Å². The highest BCUT2D eigenvalue weighted by Gasteiger charge is 2.46. The molecule has 14 heteroatoms. The van der Waals surface area contributed by atoms with Gasteiger partial charge < -0.3 is 20.6 Å². The quantitative estimate of drug-likeness (QED) is 0.325. The Morgan fingerprint density at radius 1 is 1.00 bits per heavy atom. The van der Waals surface area contributed by atoms with Crippen LogP contribution in [-0.4, -0.2) is 70.3 Å². The molecule has 0 bridgehead atoms. The summed E-state index contributed by atoms with van der Waals surface area (Å²) in [6.45, 7) is 6.20. The number of carboxylic acid groups (broad SMARTS) is 1. The van der Waals surface area contributed by atoms with Crippen molar-refractivity contribution in [3.8, 4) is 0 Å². The Kier molecular flexibility index (Phi) is 10.9. The zero-order valence-electron chi connectivity index (χ0n) is 22.5. The summed E-state index contributed by atoms with van der Waals surface area (Å²) in [6, 6.07) is 0.306. The van der Waals surface area contributed by atoms with Crippen LogP contribution in [0.25, 0.3) is 0 Å². The summed E-state index contributed by atoms with van der Waals surface area (Å²) in [7, 11) is 0. The van der Waals surface area contributed by atoms with Gasteiger partial charge in [-0.3, -0.25) is 24.0 Å². The second kappa shape index (κ2) is 13.5. The maximum Gasteiger partial charge on any atom is 0.452 e. The van der Waals surface area contributed by atoms with Gasteiger partial charge in [0.05, 0.1) is 12.5 Å². The third-order valence-corrected chi connectivity index (χ3v) is 6.64. The number of benzene rings is 1. The van der Waals surface area contributed by atoms with Gasteiger partial charge in [0.2, 0.25) is 11.8 Å². The topological polar surface area (TPSA) is 162 Å². The molecular formula is C26H33F3N4O7. The summed E-state index contributed by atoms with van der Waals surface area (Å²) in [4.78, 5) is 74.3. The minimum atomic E-state index is -5.14. The number of carbonyl (C=O) groups excluding carboxylic acids is 4. The summed E-state index contributed by atoms with van der Waals surface area (Å²) < 4.78 is 39.1. The number of aliphatic carboxylic acids is 1. The number of carboxylic acids is 1. The Labute approximate surface area is 228 Å². The number of nitroso groups, excluding NO2 is 1. The van der Waals surface area contributed by atoms with E-state index in [0.717, 1.165) is 0 Å². The van der Waals surface area contributed by atoms with Crippen molar-refractivity contribution in [2.24, 2.45) is 17.0 Å². The zero-order chi connectivity index (χ0) is 30.4. The Bertz CT molecular complexity index is 1120. The molecule has 2 rings (SSSR count). The fourth-order valence-corrected chi connectivity index (χ4v) is 4.42. The van der Waals surface area contributed by atoms with E-state index < -0.39 is 78.1 Å². The normalized spacial score (nSPS) is 17.7. The Hall–Kier alpha value is -3.84. The minimum Gasteiger partial charge on any atom is -0.481 e. The highest BCUT2D eigenvalue weighted by Crippen LogP contribution is 2.25. The molecule has 1 fully saturated rings. The Morgan fingerprint density at radius 2 is 1.57 bits per heavy atom. The summed E-state index contributed by atoms with van der Waals surface area (Å²) in [6.07, 6.45) is -5.09. The molecule has 0 radical (unpaired) electrons. The van der Waals surface area contributed by atoms with Crippen LogP contribution in [-0.2, 0) is 19.2 Å². The number of amides is 3. The summed E-state index contributed by atoms with van der Waals surface area (Å²) >= 11 is 0. The molecule has 40 heavy (non-hydrogen) atoms. The zero-order valence-corrected chi connectivity index (χ0v) is 22.5. The van der Waals surface area contributed by atoms with Crippen molar-refractivity contribution in [1.29, 1.82) is 0 Å². The van der Waals surface area contributed by atoms with Gasteiger partial charge in [-0.1, -0.05) is 45.0 Å². The van der Waals surface area contributed by atoms with Gasteiger partial charge in [-0.25, -0.2) is 0 Å². The smallest absolute Gasteiger partial charge is 0.452 e. The van der Waals surface area contributed by atoms with Crippen LogP contribution in [0.15, 0.2) is 29.4 Å².